The topological polar surface area (TPSA) is 74.7 Å². The predicted octanol–water partition coefficient (Wildman–Crippen LogP) is 1.86. The highest BCUT2D eigenvalue weighted by atomic mass is 16.4. The average molecular weight is 260 g/mol. The molecular weight excluding hydrogens is 240 g/mol. The van der Waals surface area contributed by atoms with Crippen molar-refractivity contribution in [1.29, 1.82) is 0 Å². The van der Waals surface area contributed by atoms with Crippen molar-refractivity contribution in [3.63, 3.8) is 0 Å². The molecular formula is C14H20N4O. The normalized spacial score (nSPS) is 19.5. The van der Waals surface area contributed by atoms with E-state index in [4.69, 9.17) is 10.9 Å². The second kappa shape index (κ2) is 4.72. The third kappa shape index (κ3) is 2.64. The first-order chi connectivity index (χ1) is 9.19. The van der Waals surface area contributed by atoms with E-state index in [0.29, 0.717) is 6.04 Å². The van der Waals surface area contributed by atoms with Crippen molar-refractivity contribution in [3.05, 3.63) is 23.4 Å². The van der Waals surface area contributed by atoms with Crippen LogP contribution in [0.15, 0.2) is 17.3 Å². The summed E-state index contributed by atoms with van der Waals surface area (Å²) < 4.78 is 0. The smallest absolute Gasteiger partial charge is 0.173 e. The summed E-state index contributed by atoms with van der Waals surface area (Å²) in [5.74, 6) is 1.82. The maximum Gasteiger partial charge on any atom is 0.173 e. The van der Waals surface area contributed by atoms with Crippen LogP contribution in [-0.4, -0.2) is 28.6 Å². The molecule has 19 heavy (non-hydrogen) atoms. The summed E-state index contributed by atoms with van der Waals surface area (Å²) in [6, 6.07) is 4.38. The lowest BCUT2D eigenvalue weighted by Gasteiger charge is -2.26. The molecule has 0 atom stereocenters. The minimum absolute atomic E-state index is 0.143. The molecule has 0 saturated heterocycles. The molecule has 5 nitrogen and oxygen atoms in total. The second-order valence-corrected chi connectivity index (χ2v) is 5.64. The maximum atomic E-state index is 8.93. The maximum absolute atomic E-state index is 8.93. The van der Waals surface area contributed by atoms with Crippen LogP contribution in [0, 0.1) is 12.8 Å². The third-order valence-electron chi connectivity index (χ3n) is 3.81. The van der Waals surface area contributed by atoms with E-state index in [-0.39, 0.29) is 5.84 Å². The molecule has 0 aliphatic heterocycles. The van der Waals surface area contributed by atoms with Crippen LogP contribution < -0.4 is 10.6 Å². The minimum Gasteiger partial charge on any atom is -0.409 e. The number of aryl methyl sites for hydroxylation is 1. The summed E-state index contributed by atoms with van der Waals surface area (Å²) in [5, 5.41) is 12.1. The number of rotatable bonds is 5. The van der Waals surface area contributed by atoms with E-state index < -0.39 is 0 Å². The number of nitrogens with zero attached hydrogens (tertiary/aromatic N) is 3. The average Bonchev–Trinajstić information content (AvgIpc) is 3.27. The molecule has 1 aromatic heterocycles. The Hall–Kier alpha value is -1.78. The van der Waals surface area contributed by atoms with Crippen LogP contribution in [0.1, 0.15) is 36.9 Å². The van der Waals surface area contributed by atoms with E-state index in [2.05, 4.69) is 15.0 Å². The van der Waals surface area contributed by atoms with Crippen LogP contribution in [0.25, 0.3) is 0 Å². The van der Waals surface area contributed by atoms with Crippen molar-refractivity contribution in [2.24, 2.45) is 16.8 Å². The molecule has 0 aromatic carbocycles. The Morgan fingerprint density at radius 2 is 2.16 bits per heavy atom. The van der Waals surface area contributed by atoms with E-state index in [1.165, 1.54) is 25.7 Å². The first kappa shape index (κ1) is 12.3. The van der Waals surface area contributed by atoms with Crippen LogP contribution in [0.2, 0.25) is 0 Å². The number of pyridine rings is 1. The predicted molar refractivity (Wildman–Crippen MR) is 74.6 cm³/mol. The first-order valence-corrected chi connectivity index (χ1v) is 6.91. The number of hydrogen-bond acceptors (Lipinski definition) is 4. The Bertz CT molecular complexity index is 506. The molecule has 2 saturated carbocycles. The Labute approximate surface area is 113 Å². The Balaban J connectivity index is 1.97. The largest absolute Gasteiger partial charge is 0.409 e. The van der Waals surface area contributed by atoms with E-state index >= 15 is 0 Å². The van der Waals surface area contributed by atoms with Gasteiger partial charge in [-0.05, 0) is 50.7 Å². The van der Waals surface area contributed by atoms with Crippen LogP contribution in [-0.2, 0) is 0 Å². The lowest BCUT2D eigenvalue weighted by Crippen LogP contribution is -2.32. The van der Waals surface area contributed by atoms with E-state index in [0.717, 1.165) is 29.5 Å². The molecule has 3 N–H and O–H groups in total. The Morgan fingerprint density at radius 1 is 1.42 bits per heavy atom. The standard InChI is InChI=1S/C14H20N4O/c1-9-2-7-12(13(15)17-19)14(16-9)18(11-5-6-11)8-10-3-4-10/h2,7,10-11,19H,3-6,8H2,1H3,(H2,15,17). The molecule has 5 heteroatoms. The molecule has 0 unspecified atom stereocenters. The van der Waals surface area contributed by atoms with Gasteiger partial charge in [-0.2, -0.15) is 0 Å². The fourth-order valence-corrected chi connectivity index (χ4v) is 2.39. The van der Waals surface area contributed by atoms with Gasteiger partial charge in [-0.1, -0.05) is 5.16 Å². The van der Waals surface area contributed by atoms with Gasteiger partial charge >= 0.3 is 0 Å². The summed E-state index contributed by atoms with van der Waals surface area (Å²) >= 11 is 0. The van der Waals surface area contributed by atoms with Gasteiger partial charge in [0.1, 0.15) is 5.82 Å². The Morgan fingerprint density at radius 3 is 2.74 bits per heavy atom. The third-order valence-corrected chi connectivity index (χ3v) is 3.81. The zero-order valence-electron chi connectivity index (χ0n) is 11.2. The highest BCUT2D eigenvalue weighted by molar-refractivity contribution is 6.01. The van der Waals surface area contributed by atoms with Gasteiger partial charge in [-0.25, -0.2) is 4.98 Å². The fourth-order valence-electron chi connectivity index (χ4n) is 2.39. The van der Waals surface area contributed by atoms with E-state index in [1.54, 1.807) is 0 Å². The van der Waals surface area contributed by atoms with Crippen LogP contribution in [0.4, 0.5) is 5.82 Å². The molecule has 0 radical (unpaired) electrons. The van der Waals surface area contributed by atoms with Gasteiger partial charge in [-0.3, -0.25) is 0 Å². The van der Waals surface area contributed by atoms with E-state index in [9.17, 15) is 0 Å². The molecule has 0 bridgehead atoms. The zero-order chi connectivity index (χ0) is 13.4. The van der Waals surface area contributed by atoms with Gasteiger partial charge in [0.25, 0.3) is 0 Å². The highest BCUT2D eigenvalue weighted by Crippen LogP contribution is 2.38. The van der Waals surface area contributed by atoms with Gasteiger partial charge < -0.3 is 15.8 Å². The molecule has 2 aliphatic carbocycles. The van der Waals surface area contributed by atoms with Crippen LogP contribution in [0.5, 0.6) is 0 Å². The van der Waals surface area contributed by atoms with Gasteiger partial charge in [0, 0.05) is 18.3 Å². The van der Waals surface area contributed by atoms with Crippen molar-refractivity contribution in [2.75, 3.05) is 11.4 Å². The van der Waals surface area contributed by atoms with Gasteiger partial charge in [0.05, 0.1) is 5.56 Å². The van der Waals surface area contributed by atoms with E-state index in [1.807, 2.05) is 19.1 Å². The summed E-state index contributed by atoms with van der Waals surface area (Å²) in [7, 11) is 0. The number of hydrogen-bond donors (Lipinski definition) is 2. The summed E-state index contributed by atoms with van der Waals surface area (Å²) in [5.41, 5.74) is 7.48. The van der Waals surface area contributed by atoms with Crippen molar-refractivity contribution in [1.82, 2.24) is 4.98 Å². The molecule has 0 spiro atoms. The molecule has 3 rings (SSSR count). The van der Waals surface area contributed by atoms with Crippen molar-refractivity contribution < 1.29 is 5.21 Å². The Kier molecular flexibility index (Phi) is 3.05. The number of amidine groups is 1. The zero-order valence-corrected chi connectivity index (χ0v) is 11.2. The summed E-state index contributed by atoms with van der Waals surface area (Å²) in [6.07, 6.45) is 5.07. The van der Waals surface area contributed by atoms with Gasteiger partial charge in [-0.15, -0.1) is 0 Å². The summed E-state index contributed by atoms with van der Waals surface area (Å²) in [4.78, 5) is 7.00. The van der Waals surface area contributed by atoms with Gasteiger partial charge in [0.15, 0.2) is 5.84 Å². The number of oxime groups is 1. The van der Waals surface area contributed by atoms with Crippen molar-refractivity contribution in [2.45, 2.75) is 38.6 Å². The highest BCUT2D eigenvalue weighted by Gasteiger charge is 2.35. The van der Waals surface area contributed by atoms with Crippen molar-refractivity contribution in [3.8, 4) is 0 Å². The number of aromatic nitrogens is 1. The summed E-state index contributed by atoms with van der Waals surface area (Å²) in [6.45, 7) is 3.02. The molecule has 102 valence electrons. The minimum atomic E-state index is 0.143. The molecule has 2 fully saturated rings. The fraction of sp³-hybridized carbons (Fsp3) is 0.571. The second-order valence-electron chi connectivity index (χ2n) is 5.64. The lowest BCUT2D eigenvalue weighted by atomic mass is 10.2. The molecule has 1 aromatic rings. The molecule has 2 aliphatic rings. The first-order valence-electron chi connectivity index (χ1n) is 6.91. The monoisotopic (exact) mass is 260 g/mol. The van der Waals surface area contributed by atoms with Crippen LogP contribution >= 0.6 is 0 Å². The lowest BCUT2D eigenvalue weighted by molar-refractivity contribution is 0.318. The SMILES string of the molecule is Cc1ccc(C(N)=NO)c(N(CC2CC2)C2CC2)n1. The van der Waals surface area contributed by atoms with Gasteiger partial charge in [0.2, 0.25) is 0 Å². The number of nitrogens with two attached hydrogens (primary N) is 1. The quantitative estimate of drug-likeness (QED) is 0.367. The van der Waals surface area contributed by atoms with Crippen molar-refractivity contribution >= 4 is 11.7 Å². The number of anilines is 1. The van der Waals surface area contributed by atoms with Crippen LogP contribution in [0.3, 0.4) is 0 Å². The molecule has 0 amide bonds. The molecule has 1 heterocycles.